The van der Waals surface area contributed by atoms with Crippen molar-refractivity contribution < 1.29 is 0 Å². The van der Waals surface area contributed by atoms with Crippen LogP contribution >= 0.6 is 0 Å². The number of nitrogens with one attached hydrogen (secondary N) is 1. The van der Waals surface area contributed by atoms with Crippen molar-refractivity contribution in [1.29, 1.82) is 5.41 Å². The molecule has 0 aromatic heterocycles. The maximum absolute atomic E-state index is 6.77. The molecule has 0 spiro atoms. The van der Waals surface area contributed by atoms with Crippen LogP contribution in [0.2, 0.25) is 0 Å². The van der Waals surface area contributed by atoms with Gasteiger partial charge in [0.1, 0.15) is 0 Å². The SMILES string of the molecule is C=C(C)/C=C(/C)C=N. The predicted molar refractivity (Wildman–Crippen MR) is 37.4 cm³/mol. The van der Waals surface area contributed by atoms with Gasteiger partial charge < -0.3 is 5.41 Å². The van der Waals surface area contributed by atoms with Crippen LogP contribution < -0.4 is 0 Å². The number of hydrogen-bond donors (Lipinski definition) is 1. The molecule has 0 saturated carbocycles. The molecule has 0 aromatic rings. The Bertz CT molecular complexity index is 131. The molecule has 0 atom stereocenters. The van der Waals surface area contributed by atoms with E-state index in [0.29, 0.717) is 0 Å². The minimum Gasteiger partial charge on any atom is -0.308 e. The molecule has 1 heteroatoms. The van der Waals surface area contributed by atoms with Crippen LogP contribution in [-0.2, 0) is 0 Å². The fraction of sp³-hybridized carbons (Fsp3) is 0.286. The first-order chi connectivity index (χ1) is 3.66. The third kappa shape index (κ3) is 3.34. The summed E-state index contributed by atoms with van der Waals surface area (Å²) in [6, 6.07) is 0. The van der Waals surface area contributed by atoms with Gasteiger partial charge in [0, 0.05) is 6.21 Å². The van der Waals surface area contributed by atoms with Crippen molar-refractivity contribution in [2.45, 2.75) is 13.8 Å². The summed E-state index contributed by atoms with van der Waals surface area (Å²) >= 11 is 0. The first-order valence-corrected chi connectivity index (χ1v) is 2.51. The van der Waals surface area contributed by atoms with Gasteiger partial charge in [0.15, 0.2) is 0 Å². The van der Waals surface area contributed by atoms with E-state index in [4.69, 9.17) is 5.41 Å². The maximum atomic E-state index is 6.77. The van der Waals surface area contributed by atoms with Crippen molar-refractivity contribution in [3.63, 3.8) is 0 Å². The van der Waals surface area contributed by atoms with Crippen molar-refractivity contribution in [2.24, 2.45) is 0 Å². The largest absolute Gasteiger partial charge is 0.308 e. The molecule has 0 amide bonds. The first kappa shape index (κ1) is 7.15. The molecule has 1 N–H and O–H groups in total. The minimum absolute atomic E-state index is 0.942. The van der Waals surface area contributed by atoms with E-state index in [9.17, 15) is 0 Å². The van der Waals surface area contributed by atoms with E-state index in [1.165, 1.54) is 6.21 Å². The Kier molecular flexibility index (Phi) is 2.85. The van der Waals surface area contributed by atoms with Crippen LogP contribution in [0.15, 0.2) is 23.8 Å². The second kappa shape index (κ2) is 3.19. The van der Waals surface area contributed by atoms with Crippen molar-refractivity contribution in [1.82, 2.24) is 0 Å². The van der Waals surface area contributed by atoms with Gasteiger partial charge in [-0.05, 0) is 19.4 Å². The summed E-state index contributed by atoms with van der Waals surface area (Å²) in [6.07, 6.45) is 3.18. The Hall–Kier alpha value is -0.850. The van der Waals surface area contributed by atoms with Gasteiger partial charge in [-0.25, -0.2) is 0 Å². The van der Waals surface area contributed by atoms with Crippen LogP contribution in [0.5, 0.6) is 0 Å². The molecule has 1 nitrogen and oxygen atoms in total. The molecule has 0 aliphatic rings. The van der Waals surface area contributed by atoms with Gasteiger partial charge in [0.25, 0.3) is 0 Å². The smallest absolute Gasteiger partial charge is 0.0207 e. The van der Waals surface area contributed by atoms with Crippen LogP contribution in [0.3, 0.4) is 0 Å². The molecule has 0 saturated heterocycles. The lowest BCUT2D eigenvalue weighted by Crippen LogP contribution is -1.73. The zero-order valence-corrected chi connectivity index (χ0v) is 5.36. The molecular formula is C7H11N. The highest BCUT2D eigenvalue weighted by Crippen LogP contribution is 1.94. The summed E-state index contributed by atoms with van der Waals surface area (Å²) in [6.45, 7) is 7.45. The molecule has 0 aliphatic carbocycles. The molecular weight excluding hydrogens is 98.1 g/mol. The van der Waals surface area contributed by atoms with Crippen LogP contribution in [0.25, 0.3) is 0 Å². The summed E-state index contributed by atoms with van der Waals surface area (Å²) in [5.74, 6) is 0. The van der Waals surface area contributed by atoms with Crippen molar-refractivity contribution in [3.8, 4) is 0 Å². The van der Waals surface area contributed by atoms with E-state index in [-0.39, 0.29) is 0 Å². The van der Waals surface area contributed by atoms with E-state index >= 15 is 0 Å². The average Bonchev–Trinajstić information content (AvgIpc) is 1.65. The summed E-state index contributed by atoms with van der Waals surface area (Å²) in [7, 11) is 0. The van der Waals surface area contributed by atoms with Crippen LogP contribution in [0.1, 0.15) is 13.8 Å². The van der Waals surface area contributed by atoms with Crippen molar-refractivity contribution in [3.05, 3.63) is 23.8 Å². The van der Waals surface area contributed by atoms with E-state index < -0.39 is 0 Å². The van der Waals surface area contributed by atoms with Crippen LogP contribution in [0, 0.1) is 5.41 Å². The standard InChI is InChI=1S/C7H11N/c1-6(2)4-7(3)5-8/h4-5,8H,1H2,2-3H3/b7-4-,8-5?. The van der Waals surface area contributed by atoms with Gasteiger partial charge in [-0.2, -0.15) is 0 Å². The third-order valence-corrected chi connectivity index (χ3v) is 0.702. The topological polar surface area (TPSA) is 23.9 Å². The van der Waals surface area contributed by atoms with E-state index in [2.05, 4.69) is 6.58 Å². The quantitative estimate of drug-likeness (QED) is 0.415. The lowest BCUT2D eigenvalue weighted by molar-refractivity contribution is 1.46. The minimum atomic E-state index is 0.942. The molecule has 44 valence electrons. The normalized spacial score (nSPS) is 11.0. The molecule has 0 fully saturated rings. The van der Waals surface area contributed by atoms with Gasteiger partial charge in [0.05, 0.1) is 0 Å². The molecule has 0 aromatic carbocycles. The zero-order valence-electron chi connectivity index (χ0n) is 5.36. The van der Waals surface area contributed by atoms with Crippen molar-refractivity contribution >= 4 is 6.21 Å². The molecule has 0 heterocycles. The van der Waals surface area contributed by atoms with Gasteiger partial charge >= 0.3 is 0 Å². The van der Waals surface area contributed by atoms with E-state index in [1.807, 2.05) is 19.9 Å². The Balaban J connectivity index is 3.94. The second-order valence-corrected chi connectivity index (χ2v) is 1.88. The summed E-state index contributed by atoms with van der Waals surface area (Å²) in [5, 5.41) is 6.77. The van der Waals surface area contributed by atoms with E-state index in [1.54, 1.807) is 0 Å². The summed E-state index contributed by atoms with van der Waals surface area (Å²) in [4.78, 5) is 0. The monoisotopic (exact) mass is 109 g/mol. The molecule has 0 bridgehead atoms. The Morgan fingerprint density at radius 1 is 1.50 bits per heavy atom. The fourth-order valence-electron chi connectivity index (χ4n) is 0.430. The average molecular weight is 109 g/mol. The fourth-order valence-corrected chi connectivity index (χ4v) is 0.430. The first-order valence-electron chi connectivity index (χ1n) is 2.51. The molecule has 8 heavy (non-hydrogen) atoms. The van der Waals surface area contributed by atoms with Gasteiger partial charge in [-0.15, -0.1) is 0 Å². The number of hydrogen-bond acceptors (Lipinski definition) is 1. The Morgan fingerprint density at radius 3 is 2.12 bits per heavy atom. The lowest BCUT2D eigenvalue weighted by Gasteiger charge is -1.86. The molecule has 0 aliphatic heterocycles. The highest BCUT2D eigenvalue weighted by molar-refractivity contribution is 5.75. The Labute approximate surface area is 50.2 Å². The molecule has 0 radical (unpaired) electrons. The summed E-state index contributed by atoms with van der Waals surface area (Å²) < 4.78 is 0. The van der Waals surface area contributed by atoms with Gasteiger partial charge in [0.2, 0.25) is 0 Å². The molecule has 0 unspecified atom stereocenters. The van der Waals surface area contributed by atoms with Crippen molar-refractivity contribution in [2.75, 3.05) is 0 Å². The highest BCUT2D eigenvalue weighted by Gasteiger charge is 1.78. The van der Waals surface area contributed by atoms with E-state index in [0.717, 1.165) is 11.1 Å². The summed E-state index contributed by atoms with van der Waals surface area (Å²) in [5.41, 5.74) is 1.93. The highest BCUT2D eigenvalue weighted by atomic mass is 14.3. The predicted octanol–water partition coefficient (Wildman–Crippen LogP) is 2.16. The molecule has 0 rings (SSSR count). The second-order valence-electron chi connectivity index (χ2n) is 1.88. The van der Waals surface area contributed by atoms with Gasteiger partial charge in [-0.3, -0.25) is 0 Å². The van der Waals surface area contributed by atoms with Crippen LogP contribution in [-0.4, -0.2) is 6.21 Å². The third-order valence-electron chi connectivity index (χ3n) is 0.702. The number of allylic oxidation sites excluding steroid dienone is 3. The Morgan fingerprint density at radius 2 is 2.00 bits per heavy atom. The number of rotatable bonds is 2. The maximum Gasteiger partial charge on any atom is 0.0207 e. The van der Waals surface area contributed by atoms with Crippen LogP contribution in [0.4, 0.5) is 0 Å². The van der Waals surface area contributed by atoms with Gasteiger partial charge in [-0.1, -0.05) is 18.2 Å². The zero-order chi connectivity index (χ0) is 6.57. The lowest BCUT2D eigenvalue weighted by atomic mass is 10.2.